The molecule has 0 aromatic carbocycles. The number of alkyl halides is 1. The van der Waals surface area contributed by atoms with Crippen molar-refractivity contribution in [3.8, 4) is 0 Å². The van der Waals surface area contributed by atoms with E-state index in [1.165, 1.54) is 12.8 Å². The molecule has 0 aromatic heterocycles. The fraction of sp³-hybridized carbons (Fsp3) is 1.00. The third kappa shape index (κ3) is 4.16. The van der Waals surface area contributed by atoms with Crippen LogP contribution in [0.3, 0.4) is 0 Å². The molecule has 1 fully saturated rings. The fourth-order valence-corrected chi connectivity index (χ4v) is 1.76. The monoisotopic (exact) mass is 219 g/mol. The molecule has 1 aliphatic heterocycles. The standard InChI is InChI=1S/C11H22ClNO/c1-8(2)11(12)7-13-6-10-5-4-9(3)14-10/h8-11,13H,4-7H2,1-3H3. The number of rotatable bonds is 5. The molecular weight excluding hydrogens is 198 g/mol. The lowest BCUT2D eigenvalue weighted by atomic mass is 10.1. The molecule has 1 heterocycles. The summed E-state index contributed by atoms with van der Waals surface area (Å²) in [4.78, 5) is 0. The second-order valence-electron chi connectivity index (χ2n) is 4.56. The Balaban J connectivity index is 2.04. The van der Waals surface area contributed by atoms with Crippen LogP contribution in [0.2, 0.25) is 0 Å². The summed E-state index contributed by atoms with van der Waals surface area (Å²) in [6, 6.07) is 0. The first-order chi connectivity index (χ1) is 6.59. The highest BCUT2D eigenvalue weighted by Gasteiger charge is 2.21. The summed E-state index contributed by atoms with van der Waals surface area (Å²) in [5.74, 6) is 0.535. The van der Waals surface area contributed by atoms with Crippen molar-refractivity contribution < 1.29 is 4.74 Å². The second kappa shape index (κ2) is 5.94. The molecule has 3 atom stereocenters. The van der Waals surface area contributed by atoms with Gasteiger partial charge < -0.3 is 10.1 Å². The Morgan fingerprint density at radius 1 is 1.43 bits per heavy atom. The van der Waals surface area contributed by atoms with Gasteiger partial charge in [-0.25, -0.2) is 0 Å². The molecule has 1 saturated heterocycles. The van der Waals surface area contributed by atoms with E-state index in [0.29, 0.717) is 18.1 Å². The third-order valence-electron chi connectivity index (χ3n) is 2.75. The van der Waals surface area contributed by atoms with Gasteiger partial charge in [0.05, 0.1) is 12.2 Å². The number of hydrogen-bond donors (Lipinski definition) is 1. The summed E-state index contributed by atoms with van der Waals surface area (Å²) in [5, 5.41) is 3.60. The van der Waals surface area contributed by atoms with E-state index in [4.69, 9.17) is 16.3 Å². The Kier molecular flexibility index (Phi) is 5.21. The Labute approximate surface area is 92.3 Å². The van der Waals surface area contributed by atoms with Gasteiger partial charge in [0.15, 0.2) is 0 Å². The van der Waals surface area contributed by atoms with Crippen LogP contribution < -0.4 is 5.32 Å². The Bertz CT molecular complexity index is 163. The summed E-state index contributed by atoms with van der Waals surface area (Å²) in [6.45, 7) is 8.26. The molecule has 0 aliphatic carbocycles. The zero-order chi connectivity index (χ0) is 10.6. The lowest BCUT2D eigenvalue weighted by molar-refractivity contribution is 0.0560. The smallest absolute Gasteiger partial charge is 0.0704 e. The molecule has 3 unspecified atom stereocenters. The van der Waals surface area contributed by atoms with E-state index in [9.17, 15) is 0 Å². The van der Waals surface area contributed by atoms with Crippen LogP contribution in [0, 0.1) is 5.92 Å². The SMILES string of the molecule is CC1CCC(CNCC(Cl)C(C)C)O1. The molecule has 0 amide bonds. The molecule has 1 N–H and O–H groups in total. The van der Waals surface area contributed by atoms with Crippen molar-refractivity contribution in [2.24, 2.45) is 5.92 Å². The van der Waals surface area contributed by atoms with Crippen molar-refractivity contribution >= 4 is 11.6 Å². The summed E-state index contributed by atoms with van der Waals surface area (Å²) >= 11 is 6.13. The second-order valence-corrected chi connectivity index (χ2v) is 5.12. The van der Waals surface area contributed by atoms with E-state index in [0.717, 1.165) is 13.1 Å². The van der Waals surface area contributed by atoms with Crippen LogP contribution in [0.1, 0.15) is 33.6 Å². The van der Waals surface area contributed by atoms with E-state index in [1.807, 2.05) is 0 Å². The number of halogens is 1. The van der Waals surface area contributed by atoms with Crippen molar-refractivity contribution in [2.45, 2.75) is 51.2 Å². The van der Waals surface area contributed by atoms with Crippen molar-refractivity contribution in [3.05, 3.63) is 0 Å². The van der Waals surface area contributed by atoms with Crippen molar-refractivity contribution in [3.63, 3.8) is 0 Å². The predicted molar refractivity (Wildman–Crippen MR) is 60.9 cm³/mol. The largest absolute Gasteiger partial charge is 0.374 e. The minimum absolute atomic E-state index is 0.230. The number of hydrogen-bond acceptors (Lipinski definition) is 2. The topological polar surface area (TPSA) is 21.3 Å². The predicted octanol–water partition coefficient (Wildman–Crippen LogP) is 2.41. The van der Waals surface area contributed by atoms with Crippen molar-refractivity contribution in [1.29, 1.82) is 0 Å². The van der Waals surface area contributed by atoms with Crippen LogP contribution in [-0.4, -0.2) is 30.7 Å². The summed E-state index contributed by atoms with van der Waals surface area (Å²) in [5.41, 5.74) is 0. The minimum atomic E-state index is 0.230. The molecule has 1 aliphatic rings. The number of nitrogens with one attached hydrogen (secondary N) is 1. The number of ether oxygens (including phenoxy) is 1. The molecular formula is C11H22ClNO. The van der Waals surface area contributed by atoms with E-state index >= 15 is 0 Å². The van der Waals surface area contributed by atoms with Crippen LogP contribution in [-0.2, 0) is 4.74 Å². The Morgan fingerprint density at radius 2 is 2.14 bits per heavy atom. The zero-order valence-electron chi connectivity index (χ0n) is 9.42. The maximum atomic E-state index is 6.13. The highest BCUT2D eigenvalue weighted by atomic mass is 35.5. The maximum Gasteiger partial charge on any atom is 0.0704 e. The van der Waals surface area contributed by atoms with Gasteiger partial charge in [-0.3, -0.25) is 0 Å². The normalized spacial score (nSPS) is 29.8. The van der Waals surface area contributed by atoms with E-state index in [-0.39, 0.29) is 5.38 Å². The van der Waals surface area contributed by atoms with Crippen molar-refractivity contribution in [2.75, 3.05) is 13.1 Å². The third-order valence-corrected chi connectivity index (χ3v) is 3.41. The van der Waals surface area contributed by atoms with E-state index in [2.05, 4.69) is 26.1 Å². The molecule has 84 valence electrons. The average Bonchev–Trinajstić information content (AvgIpc) is 2.51. The highest BCUT2D eigenvalue weighted by molar-refractivity contribution is 6.20. The maximum absolute atomic E-state index is 6.13. The molecule has 0 spiro atoms. The van der Waals surface area contributed by atoms with Crippen LogP contribution in [0.4, 0.5) is 0 Å². The van der Waals surface area contributed by atoms with Gasteiger partial charge in [-0.2, -0.15) is 0 Å². The highest BCUT2D eigenvalue weighted by Crippen LogP contribution is 2.18. The molecule has 1 rings (SSSR count). The minimum Gasteiger partial charge on any atom is -0.374 e. The lowest BCUT2D eigenvalue weighted by Gasteiger charge is -2.16. The van der Waals surface area contributed by atoms with Gasteiger partial charge >= 0.3 is 0 Å². The van der Waals surface area contributed by atoms with E-state index in [1.54, 1.807) is 0 Å². The van der Waals surface area contributed by atoms with Gasteiger partial charge in [0.2, 0.25) is 0 Å². The van der Waals surface area contributed by atoms with Gasteiger partial charge in [-0.15, -0.1) is 11.6 Å². The fourth-order valence-electron chi connectivity index (χ4n) is 1.65. The molecule has 0 aromatic rings. The Hall–Kier alpha value is 0.210. The summed E-state index contributed by atoms with van der Waals surface area (Å²) in [7, 11) is 0. The lowest BCUT2D eigenvalue weighted by Crippen LogP contribution is -2.33. The summed E-state index contributed by atoms with van der Waals surface area (Å²) < 4.78 is 5.70. The van der Waals surface area contributed by atoms with Crippen molar-refractivity contribution in [1.82, 2.24) is 5.32 Å². The van der Waals surface area contributed by atoms with Gasteiger partial charge in [0.1, 0.15) is 0 Å². The molecule has 14 heavy (non-hydrogen) atoms. The van der Waals surface area contributed by atoms with Crippen LogP contribution in [0.5, 0.6) is 0 Å². The first kappa shape index (κ1) is 12.3. The summed E-state index contributed by atoms with van der Waals surface area (Å²) in [6.07, 6.45) is 3.23. The molecule has 2 nitrogen and oxygen atoms in total. The van der Waals surface area contributed by atoms with Gasteiger partial charge in [0, 0.05) is 18.5 Å². The van der Waals surface area contributed by atoms with Gasteiger partial charge in [0.25, 0.3) is 0 Å². The van der Waals surface area contributed by atoms with E-state index < -0.39 is 0 Å². The van der Waals surface area contributed by atoms with Gasteiger partial charge in [-0.05, 0) is 25.7 Å². The van der Waals surface area contributed by atoms with Crippen LogP contribution in [0.25, 0.3) is 0 Å². The van der Waals surface area contributed by atoms with Gasteiger partial charge in [-0.1, -0.05) is 13.8 Å². The first-order valence-electron chi connectivity index (χ1n) is 5.60. The zero-order valence-corrected chi connectivity index (χ0v) is 10.2. The average molecular weight is 220 g/mol. The first-order valence-corrected chi connectivity index (χ1v) is 6.03. The van der Waals surface area contributed by atoms with Crippen LogP contribution >= 0.6 is 11.6 Å². The molecule has 0 bridgehead atoms. The molecule has 0 saturated carbocycles. The Morgan fingerprint density at radius 3 is 2.64 bits per heavy atom. The molecule has 0 radical (unpaired) electrons. The quantitative estimate of drug-likeness (QED) is 0.718. The van der Waals surface area contributed by atoms with Crippen LogP contribution in [0.15, 0.2) is 0 Å². The molecule has 3 heteroatoms.